The van der Waals surface area contributed by atoms with E-state index in [0.29, 0.717) is 15.9 Å². The number of benzene rings is 2. The van der Waals surface area contributed by atoms with Crippen LogP contribution < -0.4 is 4.74 Å². The van der Waals surface area contributed by atoms with Gasteiger partial charge in [0.1, 0.15) is 5.75 Å². The lowest BCUT2D eigenvalue weighted by atomic mass is 10.2. The van der Waals surface area contributed by atoms with Gasteiger partial charge < -0.3 is 9.84 Å². The second kappa shape index (κ2) is 6.34. The van der Waals surface area contributed by atoms with Crippen molar-refractivity contribution in [3.05, 3.63) is 58.1 Å². The molecule has 2 aromatic carbocycles. The average Bonchev–Trinajstić information content (AvgIpc) is 2.46. The summed E-state index contributed by atoms with van der Waals surface area (Å²) < 4.78 is 5.92. The van der Waals surface area contributed by atoms with Crippen molar-refractivity contribution in [1.29, 1.82) is 0 Å². The van der Waals surface area contributed by atoms with Crippen LogP contribution in [0.1, 0.15) is 15.9 Å². The van der Waals surface area contributed by atoms with Gasteiger partial charge in [-0.2, -0.15) is 0 Å². The zero-order chi connectivity index (χ0) is 14.5. The van der Waals surface area contributed by atoms with Crippen LogP contribution in [0.15, 0.2) is 51.9 Å². The normalized spacial score (nSPS) is 10.7. The summed E-state index contributed by atoms with van der Waals surface area (Å²) in [6.45, 7) is 0. The molecule has 5 heteroatoms. The van der Waals surface area contributed by atoms with Crippen molar-refractivity contribution in [3.63, 3.8) is 0 Å². The molecular weight excluding hydrogens is 322 g/mol. The van der Waals surface area contributed by atoms with E-state index in [4.69, 9.17) is 9.84 Å². The third-order valence-corrected chi connectivity index (χ3v) is 3.16. The van der Waals surface area contributed by atoms with E-state index in [0.717, 1.165) is 5.56 Å². The lowest BCUT2D eigenvalue weighted by molar-refractivity contribution is 0.0698. The number of rotatable bonds is 4. The van der Waals surface area contributed by atoms with E-state index >= 15 is 0 Å². The molecule has 0 heterocycles. The van der Waals surface area contributed by atoms with Crippen molar-refractivity contribution in [3.8, 4) is 5.75 Å². The van der Waals surface area contributed by atoms with Gasteiger partial charge in [0.25, 0.3) is 0 Å². The lowest BCUT2D eigenvalue weighted by Gasteiger charge is -2.04. The molecule has 0 bridgehead atoms. The summed E-state index contributed by atoms with van der Waals surface area (Å²) in [6, 6.07) is 12.3. The first kappa shape index (κ1) is 14.3. The molecule has 0 aliphatic heterocycles. The highest BCUT2D eigenvalue weighted by Crippen LogP contribution is 2.24. The maximum atomic E-state index is 11.2. The molecule has 1 N–H and O–H groups in total. The molecule has 0 fully saturated rings. The Morgan fingerprint density at radius 3 is 2.75 bits per heavy atom. The van der Waals surface area contributed by atoms with Crippen LogP contribution >= 0.6 is 15.9 Å². The SMILES string of the molecule is COc1ccccc1C=Nc1ccc(Br)cc1C(=O)O. The Hall–Kier alpha value is -2.14. The largest absolute Gasteiger partial charge is 0.496 e. The highest BCUT2D eigenvalue weighted by Gasteiger charge is 2.09. The monoisotopic (exact) mass is 333 g/mol. The van der Waals surface area contributed by atoms with Gasteiger partial charge >= 0.3 is 5.97 Å². The molecule has 0 radical (unpaired) electrons. The van der Waals surface area contributed by atoms with Gasteiger partial charge in [-0.25, -0.2) is 4.79 Å². The first-order valence-electron chi connectivity index (χ1n) is 5.81. The molecule has 0 aliphatic rings. The van der Waals surface area contributed by atoms with Gasteiger partial charge in [-0.3, -0.25) is 4.99 Å². The maximum absolute atomic E-state index is 11.2. The Labute approximate surface area is 124 Å². The van der Waals surface area contributed by atoms with E-state index in [9.17, 15) is 4.79 Å². The first-order chi connectivity index (χ1) is 9.61. The Morgan fingerprint density at radius 2 is 2.05 bits per heavy atom. The fourth-order valence-corrected chi connectivity index (χ4v) is 2.07. The number of carbonyl (C=O) groups is 1. The Morgan fingerprint density at radius 1 is 1.30 bits per heavy atom. The number of halogens is 1. The van der Waals surface area contributed by atoms with Crippen LogP contribution in [0.5, 0.6) is 5.75 Å². The summed E-state index contributed by atoms with van der Waals surface area (Å²) in [7, 11) is 1.58. The van der Waals surface area contributed by atoms with E-state index in [2.05, 4.69) is 20.9 Å². The number of nitrogens with zero attached hydrogens (tertiary/aromatic N) is 1. The van der Waals surface area contributed by atoms with Crippen LogP contribution in [0.3, 0.4) is 0 Å². The fourth-order valence-electron chi connectivity index (χ4n) is 1.70. The minimum atomic E-state index is -1.02. The molecule has 0 saturated heterocycles. The number of hydrogen-bond acceptors (Lipinski definition) is 3. The Balaban J connectivity index is 2.39. The average molecular weight is 334 g/mol. The van der Waals surface area contributed by atoms with Crippen LogP contribution in [0.25, 0.3) is 0 Å². The number of para-hydroxylation sites is 1. The van der Waals surface area contributed by atoms with Crippen LogP contribution in [0.4, 0.5) is 5.69 Å². The molecule has 4 nitrogen and oxygen atoms in total. The van der Waals surface area contributed by atoms with Crippen molar-refractivity contribution in [2.45, 2.75) is 0 Å². The van der Waals surface area contributed by atoms with Crippen molar-refractivity contribution >= 4 is 33.8 Å². The Kier molecular flexibility index (Phi) is 4.53. The maximum Gasteiger partial charge on any atom is 0.337 e. The topological polar surface area (TPSA) is 58.9 Å². The van der Waals surface area contributed by atoms with Gasteiger partial charge in [0.05, 0.1) is 18.4 Å². The van der Waals surface area contributed by atoms with E-state index in [1.165, 1.54) is 6.07 Å². The summed E-state index contributed by atoms with van der Waals surface area (Å²) in [5, 5.41) is 9.17. The predicted octanol–water partition coefficient (Wildman–Crippen LogP) is 3.91. The summed E-state index contributed by atoms with van der Waals surface area (Å²) in [6.07, 6.45) is 1.59. The summed E-state index contributed by atoms with van der Waals surface area (Å²) in [4.78, 5) is 15.4. The van der Waals surface area contributed by atoms with Crippen LogP contribution in [-0.4, -0.2) is 24.4 Å². The standard InChI is InChI=1S/C15H12BrNO3/c1-20-14-5-3-2-4-10(14)9-17-13-7-6-11(16)8-12(13)15(18)19/h2-9H,1H3,(H,18,19). The number of ether oxygens (including phenoxy) is 1. The molecule has 0 amide bonds. The summed E-state index contributed by atoms with van der Waals surface area (Å²) >= 11 is 3.25. The van der Waals surface area contributed by atoms with E-state index in [1.54, 1.807) is 25.5 Å². The first-order valence-corrected chi connectivity index (χ1v) is 6.61. The van der Waals surface area contributed by atoms with Gasteiger partial charge in [0.15, 0.2) is 0 Å². The molecule has 0 atom stereocenters. The predicted molar refractivity (Wildman–Crippen MR) is 81.3 cm³/mol. The third-order valence-electron chi connectivity index (χ3n) is 2.67. The molecule has 102 valence electrons. The van der Waals surface area contributed by atoms with E-state index in [1.807, 2.05) is 24.3 Å². The zero-order valence-electron chi connectivity index (χ0n) is 10.7. The molecule has 0 spiro atoms. The van der Waals surface area contributed by atoms with Crippen LogP contribution in [0.2, 0.25) is 0 Å². The van der Waals surface area contributed by atoms with Crippen LogP contribution in [-0.2, 0) is 0 Å². The van der Waals surface area contributed by atoms with E-state index < -0.39 is 5.97 Å². The van der Waals surface area contributed by atoms with Gasteiger partial charge in [0, 0.05) is 16.3 Å². The summed E-state index contributed by atoms with van der Waals surface area (Å²) in [5.41, 5.74) is 1.33. The second-order valence-electron chi connectivity index (χ2n) is 3.97. The smallest absolute Gasteiger partial charge is 0.337 e. The number of methoxy groups -OCH3 is 1. The highest BCUT2D eigenvalue weighted by molar-refractivity contribution is 9.10. The minimum absolute atomic E-state index is 0.144. The molecule has 2 rings (SSSR count). The quantitative estimate of drug-likeness (QED) is 0.863. The number of aliphatic imine (C=N–C) groups is 1. The molecule has 0 aliphatic carbocycles. The van der Waals surface area contributed by atoms with Crippen molar-refractivity contribution in [1.82, 2.24) is 0 Å². The molecule has 20 heavy (non-hydrogen) atoms. The zero-order valence-corrected chi connectivity index (χ0v) is 12.3. The molecular formula is C15H12BrNO3. The molecule has 0 unspecified atom stereocenters. The number of carboxylic acids is 1. The molecule has 0 saturated carbocycles. The van der Waals surface area contributed by atoms with Crippen molar-refractivity contribution < 1.29 is 14.6 Å². The van der Waals surface area contributed by atoms with Crippen molar-refractivity contribution in [2.75, 3.05) is 7.11 Å². The Bertz CT molecular complexity index is 668. The second-order valence-corrected chi connectivity index (χ2v) is 4.88. The summed E-state index contributed by atoms with van der Waals surface area (Å²) in [5.74, 6) is -0.330. The van der Waals surface area contributed by atoms with Gasteiger partial charge in [-0.05, 0) is 30.3 Å². The highest BCUT2D eigenvalue weighted by atomic mass is 79.9. The third kappa shape index (κ3) is 3.24. The molecule has 2 aromatic rings. The van der Waals surface area contributed by atoms with Gasteiger partial charge in [-0.1, -0.05) is 28.1 Å². The molecule has 0 aromatic heterocycles. The number of carboxylic acid groups (broad SMARTS) is 1. The van der Waals surface area contributed by atoms with E-state index in [-0.39, 0.29) is 5.56 Å². The minimum Gasteiger partial charge on any atom is -0.496 e. The number of hydrogen-bond donors (Lipinski definition) is 1. The number of aromatic carboxylic acids is 1. The fraction of sp³-hybridized carbons (Fsp3) is 0.0667. The lowest BCUT2D eigenvalue weighted by Crippen LogP contribution is -1.97. The van der Waals surface area contributed by atoms with Crippen molar-refractivity contribution in [2.24, 2.45) is 4.99 Å². The van der Waals surface area contributed by atoms with Crippen LogP contribution in [0, 0.1) is 0 Å². The van der Waals surface area contributed by atoms with Gasteiger partial charge in [-0.15, -0.1) is 0 Å². The van der Waals surface area contributed by atoms with Gasteiger partial charge in [0.2, 0.25) is 0 Å².